The predicted molar refractivity (Wildman–Crippen MR) is 129 cm³/mol. The van der Waals surface area contributed by atoms with Crippen molar-refractivity contribution in [2.45, 2.75) is 44.8 Å². The quantitative estimate of drug-likeness (QED) is 0.624. The highest BCUT2D eigenvalue weighted by Crippen LogP contribution is 2.38. The highest BCUT2D eigenvalue weighted by atomic mass is 35.5. The van der Waals surface area contributed by atoms with Crippen molar-refractivity contribution in [2.24, 2.45) is 5.92 Å². The van der Waals surface area contributed by atoms with E-state index in [0.717, 1.165) is 38.0 Å². The van der Waals surface area contributed by atoms with Crippen LogP contribution in [-0.4, -0.2) is 46.1 Å². The van der Waals surface area contributed by atoms with Gasteiger partial charge in [0.15, 0.2) is 0 Å². The fourth-order valence-corrected chi connectivity index (χ4v) is 4.26. The molecule has 1 aromatic carbocycles. The van der Waals surface area contributed by atoms with Gasteiger partial charge >= 0.3 is 5.97 Å². The molecular weight excluding hydrogens is 433 g/mol. The van der Waals surface area contributed by atoms with Crippen molar-refractivity contribution in [3.8, 4) is 0 Å². The maximum atomic E-state index is 10.9. The second-order valence-corrected chi connectivity index (χ2v) is 8.32. The van der Waals surface area contributed by atoms with Crippen molar-refractivity contribution in [1.82, 2.24) is 15.2 Å². The number of halogens is 2. The van der Waals surface area contributed by atoms with Gasteiger partial charge in [0, 0.05) is 24.8 Å². The number of likely N-dealkylation sites (tertiary alicyclic amines) is 1. The summed E-state index contributed by atoms with van der Waals surface area (Å²) in [7, 11) is 0. The van der Waals surface area contributed by atoms with Crippen LogP contribution in [0, 0.1) is 5.92 Å². The zero-order chi connectivity index (χ0) is 20.2. The maximum Gasteiger partial charge on any atom is 0.354 e. The van der Waals surface area contributed by atoms with Gasteiger partial charge in [-0.1, -0.05) is 48.0 Å². The normalized spacial score (nSPS) is 21.6. The van der Waals surface area contributed by atoms with Crippen LogP contribution in [0.4, 0.5) is 0 Å². The number of benzene rings is 1. The van der Waals surface area contributed by atoms with E-state index in [1.165, 1.54) is 17.6 Å². The summed E-state index contributed by atoms with van der Waals surface area (Å²) in [4.78, 5) is 17.4. The monoisotopic (exact) mass is 463 g/mol. The van der Waals surface area contributed by atoms with E-state index in [1.54, 1.807) is 12.3 Å². The number of carboxylic acids is 1. The molecule has 2 fully saturated rings. The Morgan fingerprint density at radius 2 is 1.87 bits per heavy atom. The predicted octanol–water partition coefficient (Wildman–Crippen LogP) is 4.67. The van der Waals surface area contributed by atoms with E-state index in [4.69, 9.17) is 5.11 Å². The molecule has 2 unspecified atom stereocenters. The van der Waals surface area contributed by atoms with Crippen LogP contribution in [0.15, 0.2) is 54.2 Å². The van der Waals surface area contributed by atoms with Gasteiger partial charge in [-0.3, -0.25) is 4.90 Å². The van der Waals surface area contributed by atoms with E-state index < -0.39 is 5.97 Å². The minimum atomic E-state index is -0.976. The number of rotatable bonds is 7. The van der Waals surface area contributed by atoms with Crippen LogP contribution in [0.1, 0.15) is 47.8 Å². The van der Waals surface area contributed by atoms with Crippen LogP contribution in [0.25, 0.3) is 6.08 Å². The first-order valence-corrected chi connectivity index (χ1v) is 10.5. The Kier molecular flexibility index (Phi) is 9.51. The molecule has 1 aliphatic carbocycles. The molecule has 1 saturated heterocycles. The second-order valence-electron chi connectivity index (χ2n) is 8.32. The van der Waals surface area contributed by atoms with Crippen LogP contribution in [0.2, 0.25) is 0 Å². The zero-order valence-corrected chi connectivity index (χ0v) is 19.4. The molecular formula is C24H31Cl2N3O2. The van der Waals surface area contributed by atoms with E-state index in [0.29, 0.717) is 18.0 Å². The lowest BCUT2D eigenvalue weighted by Gasteiger charge is -2.32. The summed E-state index contributed by atoms with van der Waals surface area (Å²) in [6.07, 6.45) is 7.57. The molecule has 31 heavy (non-hydrogen) atoms. The van der Waals surface area contributed by atoms with Gasteiger partial charge in [0.2, 0.25) is 0 Å². The molecule has 1 saturated carbocycles. The number of hydrogen-bond acceptors (Lipinski definition) is 4. The van der Waals surface area contributed by atoms with Crippen molar-refractivity contribution in [3.05, 3.63) is 71.1 Å². The molecule has 0 radical (unpaired) electrons. The van der Waals surface area contributed by atoms with Crippen LogP contribution >= 0.6 is 24.8 Å². The fourth-order valence-electron chi connectivity index (χ4n) is 4.26. The topological polar surface area (TPSA) is 65.5 Å². The first-order valence-electron chi connectivity index (χ1n) is 10.5. The number of nitrogens with zero attached hydrogens (tertiary/aromatic N) is 2. The average molecular weight is 464 g/mol. The number of piperidine rings is 1. The number of nitrogens with one attached hydrogen (secondary N) is 1. The summed E-state index contributed by atoms with van der Waals surface area (Å²) in [6, 6.07) is 15.2. The molecule has 0 spiro atoms. The molecule has 7 heteroatoms. The Balaban J connectivity index is 0.00000171. The molecule has 1 aliphatic heterocycles. The molecule has 1 aromatic heterocycles. The SMILES string of the molecule is CC(=Cc1ccccc1)C1CC1NC1CCN(Cc2ccc(C(=O)O)nc2)CC1.Cl.Cl. The zero-order valence-electron chi connectivity index (χ0n) is 17.7. The van der Waals surface area contributed by atoms with Crippen molar-refractivity contribution in [3.63, 3.8) is 0 Å². The van der Waals surface area contributed by atoms with Crippen LogP contribution in [0.5, 0.6) is 0 Å². The van der Waals surface area contributed by atoms with Gasteiger partial charge in [0.1, 0.15) is 5.69 Å². The molecule has 2 N–H and O–H groups in total. The third-order valence-electron chi connectivity index (χ3n) is 6.06. The Hall–Kier alpha value is -1.92. The van der Waals surface area contributed by atoms with Gasteiger partial charge in [0.05, 0.1) is 0 Å². The number of aromatic carboxylic acids is 1. The van der Waals surface area contributed by atoms with Crippen molar-refractivity contribution in [1.29, 1.82) is 0 Å². The fraction of sp³-hybridized carbons (Fsp3) is 0.417. The van der Waals surface area contributed by atoms with Crippen LogP contribution in [0.3, 0.4) is 0 Å². The number of pyridine rings is 1. The standard InChI is InChI=1S/C24H29N3O2.2ClH/c1-17(13-18-5-3-2-4-6-18)21-14-23(21)26-20-9-11-27(12-10-20)16-19-7-8-22(24(28)29)25-15-19;;/h2-8,13,15,20-21,23,26H,9-12,14,16H2,1H3,(H,28,29);2*1H. The van der Waals surface area contributed by atoms with Gasteiger partial charge in [-0.15, -0.1) is 24.8 Å². The van der Waals surface area contributed by atoms with E-state index in [2.05, 4.69) is 58.5 Å². The number of hydrogen-bond donors (Lipinski definition) is 2. The van der Waals surface area contributed by atoms with Crippen LogP contribution in [-0.2, 0) is 6.54 Å². The Morgan fingerprint density at radius 1 is 1.16 bits per heavy atom. The van der Waals surface area contributed by atoms with Crippen molar-refractivity contribution >= 4 is 36.9 Å². The molecule has 168 valence electrons. The van der Waals surface area contributed by atoms with E-state index in [9.17, 15) is 4.79 Å². The maximum absolute atomic E-state index is 10.9. The molecule has 2 atom stereocenters. The van der Waals surface area contributed by atoms with Gasteiger partial charge in [-0.2, -0.15) is 0 Å². The third-order valence-corrected chi connectivity index (χ3v) is 6.06. The van der Waals surface area contributed by atoms with Crippen molar-refractivity contribution in [2.75, 3.05) is 13.1 Å². The number of aromatic nitrogens is 1. The summed E-state index contributed by atoms with van der Waals surface area (Å²) < 4.78 is 0. The summed E-state index contributed by atoms with van der Waals surface area (Å²) in [5.41, 5.74) is 3.94. The molecule has 5 nitrogen and oxygen atoms in total. The average Bonchev–Trinajstić information content (AvgIpc) is 3.50. The Morgan fingerprint density at radius 3 is 2.48 bits per heavy atom. The summed E-state index contributed by atoms with van der Waals surface area (Å²) in [5, 5.41) is 12.8. The molecule has 2 aromatic rings. The third kappa shape index (κ3) is 7.04. The lowest BCUT2D eigenvalue weighted by atomic mass is 10.0. The Labute approximate surface area is 196 Å². The second kappa shape index (κ2) is 11.6. The lowest BCUT2D eigenvalue weighted by molar-refractivity contribution is 0.0690. The summed E-state index contributed by atoms with van der Waals surface area (Å²) in [6.45, 7) is 5.22. The summed E-state index contributed by atoms with van der Waals surface area (Å²) >= 11 is 0. The molecule has 0 bridgehead atoms. The highest BCUT2D eigenvalue weighted by molar-refractivity contribution is 5.86. The largest absolute Gasteiger partial charge is 0.477 e. The van der Waals surface area contributed by atoms with Crippen molar-refractivity contribution < 1.29 is 9.90 Å². The van der Waals surface area contributed by atoms with Gasteiger partial charge in [-0.25, -0.2) is 9.78 Å². The summed E-state index contributed by atoms with van der Waals surface area (Å²) in [5.74, 6) is -0.303. The van der Waals surface area contributed by atoms with Gasteiger partial charge in [-0.05, 0) is 62.4 Å². The first kappa shape index (κ1) is 25.3. The number of carbonyl (C=O) groups is 1. The van der Waals surface area contributed by atoms with E-state index in [-0.39, 0.29) is 30.5 Å². The Bertz CT molecular complexity index is 866. The van der Waals surface area contributed by atoms with Crippen LogP contribution < -0.4 is 5.32 Å². The van der Waals surface area contributed by atoms with E-state index >= 15 is 0 Å². The first-order chi connectivity index (χ1) is 14.1. The molecule has 2 heterocycles. The number of carboxylic acid groups (broad SMARTS) is 1. The van der Waals surface area contributed by atoms with Gasteiger partial charge in [0.25, 0.3) is 0 Å². The van der Waals surface area contributed by atoms with E-state index in [1.807, 2.05) is 6.07 Å². The molecule has 2 aliphatic rings. The highest BCUT2D eigenvalue weighted by Gasteiger charge is 2.39. The van der Waals surface area contributed by atoms with Gasteiger partial charge < -0.3 is 10.4 Å². The lowest BCUT2D eigenvalue weighted by Crippen LogP contribution is -2.43. The molecule has 0 amide bonds. The minimum Gasteiger partial charge on any atom is -0.477 e. The smallest absolute Gasteiger partial charge is 0.354 e. The minimum absolute atomic E-state index is 0. The molecule has 4 rings (SSSR count).